The van der Waals surface area contributed by atoms with E-state index in [1.807, 2.05) is 13.8 Å². The first-order valence-electron chi connectivity index (χ1n) is 24.3. The molecular weight excluding hydrogens is 881 g/mol. The highest BCUT2D eigenvalue weighted by Gasteiger charge is 2.72. The summed E-state index contributed by atoms with van der Waals surface area (Å²) in [6, 6.07) is 0. The highest BCUT2D eigenvalue weighted by atomic mass is 16.8. The predicted molar refractivity (Wildman–Crippen MR) is 234 cm³/mol. The van der Waals surface area contributed by atoms with E-state index in [2.05, 4.69) is 26.8 Å². The minimum absolute atomic E-state index is 0.0647. The molecule has 0 aromatic carbocycles. The molecule has 7 aliphatic rings. The lowest BCUT2D eigenvalue weighted by Gasteiger charge is -2.65. The van der Waals surface area contributed by atoms with Crippen LogP contribution in [-0.2, 0) is 33.2 Å². The summed E-state index contributed by atoms with van der Waals surface area (Å²) < 4.78 is 35.9. The molecule has 3 aliphatic heterocycles. The molecule has 3 saturated heterocycles. The monoisotopic (exact) mass is 961 g/mol. The molecule has 7 rings (SSSR count). The van der Waals surface area contributed by atoms with E-state index in [0.29, 0.717) is 25.7 Å². The van der Waals surface area contributed by atoms with Crippen LogP contribution in [-0.4, -0.2) is 196 Å². The summed E-state index contributed by atoms with van der Waals surface area (Å²) >= 11 is 0. The Morgan fingerprint density at radius 3 is 1.94 bits per heavy atom. The molecule has 24 unspecified atom stereocenters. The summed E-state index contributed by atoms with van der Waals surface area (Å²) in [6.07, 6.45) is -18.0. The number of hydrogen-bond acceptors (Lipinski definition) is 19. The Labute approximate surface area is 393 Å². The van der Waals surface area contributed by atoms with Gasteiger partial charge in [0.15, 0.2) is 18.9 Å². The van der Waals surface area contributed by atoms with Crippen molar-refractivity contribution in [3.8, 4) is 0 Å². The lowest BCUT2D eigenvalue weighted by atomic mass is 9.38. The van der Waals surface area contributed by atoms with E-state index in [1.165, 1.54) is 6.92 Å². The van der Waals surface area contributed by atoms with Crippen molar-refractivity contribution in [2.45, 2.75) is 229 Å². The molecule has 0 aromatic heterocycles. The Balaban J connectivity index is 1.06. The van der Waals surface area contributed by atoms with Crippen LogP contribution in [0, 0.1) is 39.4 Å². The van der Waals surface area contributed by atoms with Gasteiger partial charge in [-0.15, -0.1) is 0 Å². The van der Waals surface area contributed by atoms with E-state index in [4.69, 9.17) is 28.4 Å². The second-order valence-electron chi connectivity index (χ2n) is 23.1. The number of ether oxygens (including phenoxy) is 6. The summed E-state index contributed by atoms with van der Waals surface area (Å²) in [5.74, 6) is -0.387. The number of fused-ring (bicyclic) bond motifs is 5. The Morgan fingerprint density at radius 2 is 1.31 bits per heavy atom. The molecule has 4 aliphatic carbocycles. The van der Waals surface area contributed by atoms with Crippen molar-refractivity contribution >= 4 is 5.78 Å². The van der Waals surface area contributed by atoms with Gasteiger partial charge in [0.25, 0.3) is 0 Å². The van der Waals surface area contributed by atoms with Crippen molar-refractivity contribution in [2.24, 2.45) is 39.4 Å². The summed E-state index contributed by atoms with van der Waals surface area (Å²) in [4.78, 5) is 15.1. The van der Waals surface area contributed by atoms with Gasteiger partial charge in [0, 0.05) is 17.3 Å². The van der Waals surface area contributed by atoms with E-state index >= 15 is 4.79 Å². The fourth-order valence-corrected chi connectivity index (χ4v) is 13.9. The smallest absolute Gasteiger partial charge is 0.187 e. The van der Waals surface area contributed by atoms with E-state index in [-0.39, 0.29) is 48.2 Å². The number of aliphatic hydroxyl groups excluding tert-OH is 11. The standard InChI is InChI=1S/C48H80O19/c1-21-31(53)34(56)37(59)40(62-21)66-39-36(58)33(55)25(20-50)64-42(39)65-30-13-11-23-22(43(30,2)3)10-12-27-45(6)16-14-26(46(45,7)18-29(52)48(23,27)9)47(8,61)17-15-28(51)44(4,5)67-41-38(60)35(57)32(54)24(19-49)63-41/h10,21,23-28,30-42,49-51,53-61H,11-20H2,1-9H3. The molecule has 0 aromatic rings. The Hall–Kier alpha value is -1.31. The molecular formula is C48H80O19. The normalized spacial score (nSPS) is 50.4. The van der Waals surface area contributed by atoms with Crippen molar-refractivity contribution in [3.05, 3.63) is 11.6 Å². The minimum Gasteiger partial charge on any atom is -0.394 e. The molecule has 0 bridgehead atoms. The summed E-state index contributed by atoms with van der Waals surface area (Å²) in [5.41, 5.74) is -4.02. The maximum Gasteiger partial charge on any atom is 0.187 e. The van der Waals surface area contributed by atoms with Gasteiger partial charge in [-0.25, -0.2) is 0 Å². The molecule has 0 spiro atoms. The second-order valence-corrected chi connectivity index (χ2v) is 23.1. The molecule has 67 heavy (non-hydrogen) atoms. The van der Waals surface area contributed by atoms with Gasteiger partial charge in [0.1, 0.15) is 72.9 Å². The molecule has 3 saturated carbocycles. The zero-order valence-electron chi connectivity index (χ0n) is 40.4. The van der Waals surface area contributed by atoms with Crippen molar-refractivity contribution < 1.29 is 94.5 Å². The summed E-state index contributed by atoms with van der Waals surface area (Å²) in [5, 5.41) is 128. The van der Waals surface area contributed by atoms with Crippen LogP contribution in [0.25, 0.3) is 0 Å². The van der Waals surface area contributed by atoms with Crippen LogP contribution in [0.2, 0.25) is 0 Å². The molecule has 19 nitrogen and oxygen atoms in total. The van der Waals surface area contributed by atoms with Gasteiger partial charge in [0.2, 0.25) is 0 Å². The number of Topliss-reactive ketones (excluding diaryl/α,β-unsaturated/α-hetero) is 1. The van der Waals surface area contributed by atoms with Gasteiger partial charge in [-0.3, -0.25) is 4.79 Å². The van der Waals surface area contributed by atoms with E-state index in [1.54, 1.807) is 20.8 Å². The van der Waals surface area contributed by atoms with Gasteiger partial charge in [0.05, 0.1) is 42.7 Å². The molecule has 19 heteroatoms. The number of ketones is 1. The van der Waals surface area contributed by atoms with E-state index in [0.717, 1.165) is 12.0 Å². The number of carbonyl (C=O) groups excluding carboxylic acids is 1. The number of carbonyl (C=O) groups is 1. The Bertz CT molecular complexity index is 1790. The maximum atomic E-state index is 15.1. The van der Waals surface area contributed by atoms with Crippen LogP contribution in [0.5, 0.6) is 0 Å². The van der Waals surface area contributed by atoms with Crippen molar-refractivity contribution in [3.63, 3.8) is 0 Å². The summed E-state index contributed by atoms with van der Waals surface area (Å²) in [6.45, 7) is 15.7. The first kappa shape index (κ1) is 53.5. The van der Waals surface area contributed by atoms with E-state index in [9.17, 15) is 61.3 Å². The quantitative estimate of drug-likeness (QED) is 0.102. The fourth-order valence-electron chi connectivity index (χ4n) is 13.9. The number of rotatable bonds is 13. The van der Waals surface area contributed by atoms with Crippen LogP contribution >= 0.6 is 0 Å². The van der Waals surface area contributed by atoms with Crippen LogP contribution in [0.3, 0.4) is 0 Å². The van der Waals surface area contributed by atoms with Crippen LogP contribution in [0.4, 0.5) is 0 Å². The predicted octanol–water partition coefficient (Wildman–Crippen LogP) is -0.705. The zero-order chi connectivity index (χ0) is 49.7. The lowest BCUT2D eigenvalue weighted by Crippen LogP contribution is -2.65. The average molecular weight is 961 g/mol. The first-order chi connectivity index (χ1) is 31.0. The zero-order valence-corrected chi connectivity index (χ0v) is 40.4. The van der Waals surface area contributed by atoms with E-state index < -0.39 is 145 Å². The third-order valence-corrected chi connectivity index (χ3v) is 18.6. The topological polar surface area (TPSA) is 315 Å². The van der Waals surface area contributed by atoms with Gasteiger partial charge in [-0.05, 0) is 101 Å². The van der Waals surface area contributed by atoms with Crippen molar-refractivity contribution in [1.82, 2.24) is 0 Å². The lowest BCUT2D eigenvalue weighted by molar-refractivity contribution is -0.372. The third-order valence-electron chi connectivity index (χ3n) is 18.6. The SMILES string of the molecule is CC1OC(OC2C(OC3CCC4C(=CCC5C4(C)C(=O)CC4(C)C(C(C)(O)CCC(O)C(C)(C)OC6OC(CO)C(O)C(O)C6O)CCC54C)C3(C)C)OC(CO)C(O)C2O)C(O)C(O)C1O. The Kier molecular flexibility index (Phi) is 15.1. The number of aliphatic hydroxyl groups is 12. The highest BCUT2D eigenvalue weighted by molar-refractivity contribution is 5.88. The van der Waals surface area contributed by atoms with Gasteiger partial charge < -0.3 is 89.7 Å². The highest BCUT2D eigenvalue weighted by Crippen LogP contribution is 2.74. The molecule has 0 radical (unpaired) electrons. The largest absolute Gasteiger partial charge is 0.394 e. The van der Waals surface area contributed by atoms with Crippen molar-refractivity contribution in [1.29, 1.82) is 0 Å². The molecule has 12 N–H and O–H groups in total. The van der Waals surface area contributed by atoms with Gasteiger partial charge in [-0.2, -0.15) is 0 Å². The first-order valence-corrected chi connectivity index (χ1v) is 24.3. The van der Waals surface area contributed by atoms with Gasteiger partial charge in [-0.1, -0.05) is 46.3 Å². The molecule has 0 amide bonds. The molecule has 3 heterocycles. The maximum absolute atomic E-state index is 15.1. The molecule has 6 fully saturated rings. The van der Waals surface area contributed by atoms with Gasteiger partial charge >= 0.3 is 0 Å². The second kappa shape index (κ2) is 18.9. The number of hydrogen-bond donors (Lipinski definition) is 12. The average Bonchev–Trinajstić information content (AvgIpc) is 3.54. The number of allylic oxidation sites excluding steroid dienone is 1. The van der Waals surface area contributed by atoms with Crippen LogP contribution in [0.15, 0.2) is 11.6 Å². The van der Waals surface area contributed by atoms with Crippen LogP contribution < -0.4 is 0 Å². The fraction of sp³-hybridized carbons (Fsp3) is 0.938. The van der Waals surface area contributed by atoms with Crippen molar-refractivity contribution in [2.75, 3.05) is 13.2 Å². The minimum atomic E-state index is -1.71. The van der Waals surface area contributed by atoms with Crippen LogP contribution in [0.1, 0.15) is 114 Å². The Morgan fingerprint density at radius 1 is 0.731 bits per heavy atom. The third kappa shape index (κ3) is 8.83. The summed E-state index contributed by atoms with van der Waals surface area (Å²) in [7, 11) is 0. The molecule has 386 valence electrons. The molecule has 24 atom stereocenters.